The molecule has 2 N–H and O–H groups in total. The Hall–Kier alpha value is -1.00. The zero-order valence-electron chi connectivity index (χ0n) is 7.52. The number of anilines is 1. The highest BCUT2D eigenvalue weighted by Crippen LogP contribution is 2.19. The van der Waals surface area contributed by atoms with E-state index >= 15 is 0 Å². The van der Waals surface area contributed by atoms with E-state index in [1.165, 1.54) is 0 Å². The first-order valence-electron chi connectivity index (χ1n) is 3.77. The average Bonchev–Trinajstić information content (AvgIpc) is 2.30. The fourth-order valence-corrected chi connectivity index (χ4v) is 0.921. The van der Waals surface area contributed by atoms with Crippen molar-refractivity contribution in [3.05, 3.63) is 18.5 Å². The fraction of sp³-hybridized carbons (Fsp3) is 0.500. The Labute approximate surface area is 71.6 Å². The molecule has 68 valence electrons. The molecule has 4 heteroatoms. The first kappa shape index (κ1) is 9.09. The normalized spacial score (nSPS) is 11.8. The summed E-state index contributed by atoms with van der Waals surface area (Å²) in [6.07, 6.45) is 3.47. The summed E-state index contributed by atoms with van der Waals surface area (Å²) in [7, 11) is 0. The Morgan fingerprint density at radius 2 is 1.92 bits per heavy atom. The van der Waals surface area contributed by atoms with E-state index < -0.39 is 0 Å². The minimum atomic E-state index is -0.0335. The molecule has 4 nitrogen and oxygen atoms in total. The summed E-state index contributed by atoms with van der Waals surface area (Å²) >= 11 is 0. The van der Waals surface area contributed by atoms with Gasteiger partial charge in [0.2, 0.25) is 0 Å². The van der Waals surface area contributed by atoms with Crippen LogP contribution in [0.1, 0.15) is 20.8 Å². The minimum Gasteiger partial charge on any atom is -0.347 e. The van der Waals surface area contributed by atoms with Crippen molar-refractivity contribution >= 4 is 5.69 Å². The van der Waals surface area contributed by atoms with E-state index in [4.69, 9.17) is 10.4 Å². The van der Waals surface area contributed by atoms with Gasteiger partial charge in [-0.1, -0.05) is 0 Å². The molecule has 0 saturated heterocycles. The Morgan fingerprint density at radius 3 is 2.17 bits per heavy atom. The van der Waals surface area contributed by atoms with Gasteiger partial charge < -0.3 is 4.57 Å². The van der Waals surface area contributed by atoms with Crippen LogP contribution < -0.4 is 5.23 Å². The number of rotatable bonds is 1. The molecular weight excluding hydrogens is 156 g/mol. The molecule has 1 aromatic rings. The van der Waals surface area contributed by atoms with Gasteiger partial charge in [-0.15, -0.1) is 5.23 Å². The maximum atomic E-state index is 8.68. The molecule has 0 bridgehead atoms. The minimum absolute atomic E-state index is 0.0335. The fourth-order valence-electron chi connectivity index (χ4n) is 0.921. The second kappa shape index (κ2) is 2.80. The van der Waals surface area contributed by atoms with Crippen molar-refractivity contribution < 1.29 is 10.4 Å². The predicted molar refractivity (Wildman–Crippen MR) is 45.5 cm³/mol. The van der Waals surface area contributed by atoms with Crippen LogP contribution in [0.5, 0.6) is 0 Å². The van der Waals surface area contributed by atoms with Gasteiger partial charge in [0, 0.05) is 17.9 Å². The van der Waals surface area contributed by atoms with E-state index in [0.717, 1.165) is 0 Å². The van der Waals surface area contributed by atoms with Crippen LogP contribution in [0.4, 0.5) is 5.69 Å². The lowest BCUT2D eigenvalue weighted by Gasteiger charge is -2.20. The van der Waals surface area contributed by atoms with Crippen LogP contribution in [0.15, 0.2) is 18.5 Å². The Morgan fingerprint density at radius 1 is 1.33 bits per heavy atom. The Bertz CT molecular complexity index is 260. The van der Waals surface area contributed by atoms with Crippen LogP contribution in [0.25, 0.3) is 0 Å². The second-order valence-corrected chi connectivity index (χ2v) is 3.74. The predicted octanol–water partition coefficient (Wildman–Crippen LogP) is 1.83. The van der Waals surface area contributed by atoms with Crippen molar-refractivity contribution in [3.63, 3.8) is 0 Å². The van der Waals surface area contributed by atoms with Crippen molar-refractivity contribution in [1.29, 1.82) is 0 Å². The molecular formula is C8H14N2O2. The second-order valence-electron chi connectivity index (χ2n) is 3.74. The Kier molecular flexibility index (Phi) is 2.12. The van der Waals surface area contributed by atoms with Crippen molar-refractivity contribution in [1.82, 2.24) is 4.57 Å². The van der Waals surface area contributed by atoms with Gasteiger partial charge in [-0.25, -0.2) is 0 Å². The highest BCUT2D eigenvalue weighted by molar-refractivity contribution is 5.39. The van der Waals surface area contributed by atoms with Crippen LogP contribution in [-0.4, -0.2) is 15.0 Å². The summed E-state index contributed by atoms with van der Waals surface area (Å²) in [6, 6.07) is 1.63. The van der Waals surface area contributed by atoms with Gasteiger partial charge in [-0.2, -0.15) is 0 Å². The summed E-state index contributed by atoms with van der Waals surface area (Å²) in [5, 5.41) is 17.5. The van der Waals surface area contributed by atoms with Gasteiger partial charge in [0.25, 0.3) is 0 Å². The maximum absolute atomic E-state index is 8.68. The van der Waals surface area contributed by atoms with E-state index in [1.54, 1.807) is 18.5 Å². The number of hydrogen-bond acceptors (Lipinski definition) is 3. The third-order valence-corrected chi connectivity index (χ3v) is 1.68. The zero-order chi connectivity index (χ0) is 9.35. The molecule has 0 fully saturated rings. The molecule has 0 spiro atoms. The van der Waals surface area contributed by atoms with Crippen LogP contribution in [-0.2, 0) is 5.54 Å². The first-order valence-corrected chi connectivity index (χ1v) is 3.77. The van der Waals surface area contributed by atoms with Crippen molar-refractivity contribution in [2.45, 2.75) is 26.3 Å². The average molecular weight is 170 g/mol. The third-order valence-electron chi connectivity index (χ3n) is 1.68. The number of nitrogens with zero attached hydrogens (tertiary/aromatic N) is 2. The van der Waals surface area contributed by atoms with Gasteiger partial charge in [-0.05, 0) is 26.8 Å². The summed E-state index contributed by atoms with van der Waals surface area (Å²) in [5.41, 5.74) is 0.332. The van der Waals surface area contributed by atoms with Gasteiger partial charge in [0.1, 0.15) is 5.69 Å². The lowest BCUT2D eigenvalue weighted by molar-refractivity contribution is 0.0291. The first-order chi connectivity index (χ1) is 5.41. The standard InChI is InChI=1S/C8H14N2O2/c1-8(2,3)9-5-4-7(6-9)10(11)12/h4-6,11-12H,1-3H3. The zero-order valence-corrected chi connectivity index (χ0v) is 7.52. The van der Waals surface area contributed by atoms with Gasteiger partial charge in [0.15, 0.2) is 0 Å². The molecule has 0 aliphatic rings. The van der Waals surface area contributed by atoms with Gasteiger partial charge >= 0.3 is 0 Å². The molecule has 1 aromatic heterocycles. The lowest BCUT2D eigenvalue weighted by atomic mass is 10.1. The molecule has 0 atom stereocenters. The molecule has 0 amide bonds. The summed E-state index contributed by atoms with van der Waals surface area (Å²) in [5.74, 6) is 0. The molecule has 1 rings (SSSR count). The van der Waals surface area contributed by atoms with E-state index in [1.807, 2.05) is 25.3 Å². The quantitative estimate of drug-likeness (QED) is 0.632. The summed E-state index contributed by atoms with van der Waals surface area (Å²) in [4.78, 5) is 0. The monoisotopic (exact) mass is 170 g/mol. The van der Waals surface area contributed by atoms with Crippen LogP contribution in [0.2, 0.25) is 0 Å². The largest absolute Gasteiger partial charge is 0.347 e. The molecule has 1 heterocycles. The van der Waals surface area contributed by atoms with Crippen LogP contribution in [0.3, 0.4) is 0 Å². The molecule has 0 radical (unpaired) electrons. The van der Waals surface area contributed by atoms with Crippen molar-refractivity contribution in [2.75, 3.05) is 5.23 Å². The molecule has 0 saturated carbocycles. The van der Waals surface area contributed by atoms with Crippen LogP contribution in [0, 0.1) is 0 Å². The lowest BCUT2D eigenvalue weighted by Crippen LogP contribution is -2.20. The molecule has 0 aliphatic heterocycles. The number of aromatic nitrogens is 1. The smallest absolute Gasteiger partial charge is 0.112 e. The summed E-state index contributed by atoms with van der Waals surface area (Å²) < 4.78 is 1.90. The molecule has 0 aromatic carbocycles. The third kappa shape index (κ3) is 1.78. The highest BCUT2D eigenvalue weighted by Gasteiger charge is 2.13. The van der Waals surface area contributed by atoms with Gasteiger partial charge in [0.05, 0.1) is 0 Å². The molecule has 0 aliphatic carbocycles. The molecule has 12 heavy (non-hydrogen) atoms. The number of hydrogen-bond donors (Lipinski definition) is 2. The van der Waals surface area contributed by atoms with Crippen molar-refractivity contribution in [2.24, 2.45) is 0 Å². The van der Waals surface area contributed by atoms with Gasteiger partial charge in [-0.3, -0.25) is 10.4 Å². The Balaban J connectivity index is 2.92. The van der Waals surface area contributed by atoms with Crippen molar-refractivity contribution in [3.8, 4) is 0 Å². The topological polar surface area (TPSA) is 48.6 Å². The van der Waals surface area contributed by atoms with E-state index in [9.17, 15) is 0 Å². The SMILES string of the molecule is CC(C)(C)n1ccc(N(O)O)c1. The van der Waals surface area contributed by atoms with E-state index in [0.29, 0.717) is 5.69 Å². The van der Waals surface area contributed by atoms with Crippen LogP contribution >= 0.6 is 0 Å². The molecule has 0 unspecified atom stereocenters. The summed E-state index contributed by atoms with van der Waals surface area (Å²) in [6.45, 7) is 6.11. The highest BCUT2D eigenvalue weighted by atomic mass is 16.8. The van der Waals surface area contributed by atoms with E-state index in [-0.39, 0.29) is 10.8 Å². The van der Waals surface area contributed by atoms with E-state index in [2.05, 4.69) is 0 Å². The maximum Gasteiger partial charge on any atom is 0.112 e.